The molecule has 3 heterocycles. The third-order valence-corrected chi connectivity index (χ3v) is 3.95. The maximum Gasteiger partial charge on any atom is 0.274 e. The van der Waals surface area contributed by atoms with Gasteiger partial charge >= 0.3 is 0 Å². The predicted octanol–water partition coefficient (Wildman–Crippen LogP) is 0.851. The van der Waals surface area contributed by atoms with Gasteiger partial charge < -0.3 is 10.2 Å². The summed E-state index contributed by atoms with van der Waals surface area (Å²) in [5.41, 5.74) is 2.45. The van der Waals surface area contributed by atoms with E-state index in [0.717, 1.165) is 37.4 Å². The van der Waals surface area contributed by atoms with E-state index in [2.05, 4.69) is 10.3 Å². The van der Waals surface area contributed by atoms with Gasteiger partial charge in [0, 0.05) is 12.6 Å². The van der Waals surface area contributed by atoms with Crippen LogP contribution < -0.4 is 5.32 Å². The lowest BCUT2D eigenvalue weighted by Gasteiger charge is -2.31. The molecule has 1 aromatic heterocycles. The molecule has 1 fully saturated rings. The zero-order valence-electron chi connectivity index (χ0n) is 8.40. The Balaban J connectivity index is 1.80. The Labute approximate surface area is 92.3 Å². The van der Waals surface area contributed by atoms with Crippen LogP contribution in [0.25, 0.3) is 0 Å². The minimum atomic E-state index is 0.125. The van der Waals surface area contributed by atoms with Crippen LogP contribution in [0.3, 0.4) is 0 Å². The van der Waals surface area contributed by atoms with E-state index in [0.29, 0.717) is 11.7 Å². The Morgan fingerprint density at radius 2 is 2.53 bits per heavy atom. The number of hydrogen-bond acceptors (Lipinski definition) is 4. The first-order chi connectivity index (χ1) is 7.36. The summed E-state index contributed by atoms with van der Waals surface area (Å²) in [4.78, 5) is 19.2. The molecule has 15 heavy (non-hydrogen) atoms. The van der Waals surface area contributed by atoms with E-state index in [9.17, 15) is 4.79 Å². The highest BCUT2D eigenvalue weighted by Crippen LogP contribution is 2.28. The van der Waals surface area contributed by atoms with Crippen LogP contribution in [0.5, 0.6) is 0 Å². The van der Waals surface area contributed by atoms with Gasteiger partial charge in [0.05, 0.1) is 16.9 Å². The Bertz CT molecular complexity index is 384. The van der Waals surface area contributed by atoms with Crippen LogP contribution in [0.1, 0.15) is 28.2 Å². The van der Waals surface area contributed by atoms with Crippen molar-refractivity contribution in [3.05, 3.63) is 16.1 Å². The first-order valence-corrected chi connectivity index (χ1v) is 6.18. The summed E-state index contributed by atoms with van der Waals surface area (Å²) in [6.45, 7) is 2.78. The third kappa shape index (κ3) is 1.46. The Hall–Kier alpha value is -0.940. The molecule has 2 aliphatic heterocycles. The van der Waals surface area contributed by atoms with Gasteiger partial charge in [0.25, 0.3) is 5.91 Å². The molecule has 80 valence electrons. The highest BCUT2D eigenvalue weighted by Gasteiger charge is 2.35. The van der Waals surface area contributed by atoms with Crippen LogP contribution >= 0.6 is 11.3 Å². The smallest absolute Gasteiger partial charge is 0.274 e. The number of piperidine rings is 1. The molecule has 0 bridgehead atoms. The van der Waals surface area contributed by atoms with Gasteiger partial charge in [0.2, 0.25) is 0 Å². The number of rotatable bonds is 1. The van der Waals surface area contributed by atoms with Gasteiger partial charge in [-0.3, -0.25) is 4.79 Å². The molecule has 1 N–H and O–H groups in total. The van der Waals surface area contributed by atoms with E-state index in [4.69, 9.17) is 0 Å². The first-order valence-electron chi connectivity index (χ1n) is 5.30. The molecule has 1 saturated heterocycles. The fraction of sp³-hybridized carbons (Fsp3) is 0.600. The van der Waals surface area contributed by atoms with E-state index in [1.54, 1.807) is 16.8 Å². The number of nitrogens with zero attached hydrogens (tertiary/aromatic N) is 2. The zero-order chi connectivity index (χ0) is 10.3. The topological polar surface area (TPSA) is 45.2 Å². The fourth-order valence-electron chi connectivity index (χ4n) is 2.31. The van der Waals surface area contributed by atoms with E-state index in [1.807, 2.05) is 4.90 Å². The van der Waals surface area contributed by atoms with E-state index in [-0.39, 0.29) is 5.91 Å². The number of thiazole rings is 1. The molecule has 0 aliphatic carbocycles. The molecule has 1 atom stereocenters. The number of hydrogen-bond donors (Lipinski definition) is 1. The molecular weight excluding hydrogens is 210 g/mol. The first kappa shape index (κ1) is 9.30. The van der Waals surface area contributed by atoms with Gasteiger partial charge in [-0.05, 0) is 19.4 Å². The van der Waals surface area contributed by atoms with Crippen LogP contribution in [0.4, 0.5) is 0 Å². The minimum Gasteiger partial charge on any atom is -0.328 e. The molecule has 0 saturated carbocycles. The minimum absolute atomic E-state index is 0.125. The Morgan fingerprint density at radius 1 is 1.60 bits per heavy atom. The lowest BCUT2D eigenvalue weighted by atomic mass is 10.1. The zero-order valence-corrected chi connectivity index (χ0v) is 9.22. The van der Waals surface area contributed by atoms with Crippen LogP contribution in [-0.4, -0.2) is 34.9 Å². The standard InChI is InChI=1S/C10H13N3OS/c14-10-9-8(15-6-12-9)5-13(10)7-2-1-3-11-4-7/h6-7,11H,1-5H2/t7-/m0/s1. The normalized spacial score (nSPS) is 25.7. The van der Waals surface area contributed by atoms with Crippen molar-refractivity contribution < 1.29 is 4.79 Å². The molecule has 0 aromatic carbocycles. The van der Waals surface area contributed by atoms with Gasteiger partial charge in [-0.25, -0.2) is 4.98 Å². The lowest BCUT2D eigenvalue weighted by Crippen LogP contribution is -2.46. The second kappa shape index (κ2) is 3.57. The fourth-order valence-corrected chi connectivity index (χ4v) is 3.06. The van der Waals surface area contributed by atoms with Crippen molar-refractivity contribution in [3.8, 4) is 0 Å². The SMILES string of the molecule is O=C1c2ncsc2CN1[C@H]1CCCNC1. The van der Waals surface area contributed by atoms with Crippen molar-refractivity contribution in [1.82, 2.24) is 15.2 Å². The predicted molar refractivity (Wildman–Crippen MR) is 57.9 cm³/mol. The maximum absolute atomic E-state index is 12.0. The summed E-state index contributed by atoms with van der Waals surface area (Å²) in [6, 6.07) is 0.368. The molecule has 1 aromatic rings. The van der Waals surface area contributed by atoms with Gasteiger partial charge in [0.1, 0.15) is 5.69 Å². The molecule has 0 spiro atoms. The number of carbonyl (C=O) groups excluding carboxylic acids is 1. The van der Waals surface area contributed by atoms with Crippen LogP contribution in [0.2, 0.25) is 0 Å². The molecule has 0 radical (unpaired) electrons. The molecule has 4 nitrogen and oxygen atoms in total. The van der Waals surface area contributed by atoms with Crippen molar-refractivity contribution in [3.63, 3.8) is 0 Å². The molecule has 5 heteroatoms. The summed E-state index contributed by atoms with van der Waals surface area (Å²) in [6.07, 6.45) is 2.28. The number of aromatic nitrogens is 1. The number of carbonyl (C=O) groups is 1. The van der Waals surface area contributed by atoms with Crippen molar-refractivity contribution in [2.24, 2.45) is 0 Å². The molecular formula is C10H13N3OS. The second-order valence-electron chi connectivity index (χ2n) is 4.06. The van der Waals surface area contributed by atoms with Crippen LogP contribution in [0.15, 0.2) is 5.51 Å². The highest BCUT2D eigenvalue weighted by atomic mass is 32.1. The number of fused-ring (bicyclic) bond motifs is 1. The average Bonchev–Trinajstić information content (AvgIpc) is 2.83. The van der Waals surface area contributed by atoms with Crippen LogP contribution in [-0.2, 0) is 6.54 Å². The molecule has 0 unspecified atom stereocenters. The van der Waals surface area contributed by atoms with Crippen molar-refractivity contribution in [2.75, 3.05) is 13.1 Å². The molecule has 1 amide bonds. The lowest BCUT2D eigenvalue weighted by molar-refractivity contribution is 0.0671. The second-order valence-corrected chi connectivity index (χ2v) is 5.00. The quantitative estimate of drug-likeness (QED) is 0.767. The van der Waals surface area contributed by atoms with Gasteiger partial charge in [0.15, 0.2) is 0 Å². The van der Waals surface area contributed by atoms with Crippen molar-refractivity contribution in [1.29, 1.82) is 0 Å². The summed E-state index contributed by atoms with van der Waals surface area (Å²) in [5, 5.41) is 3.34. The Morgan fingerprint density at radius 3 is 3.27 bits per heavy atom. The van der Waals surface area contributed by atoms with Crippen molar-refractivity contribution >= 4 is 17.2 Å². The van der Waals surface area contributed by atoms with Gasteiger partial charge in [-0.15, -0.1) is 11.3 Å². The third-order valence-electron chi connectivity index (χ3n) is 3.13. The van der Waals surface area contributed by atoms with E-state index < -0.39 is 0 Å². The largest absolute Gasteiger partial charge is 0.328 e. The summed E-state index contributed by atoms with van der Waals surface area (Å²) < 4.78 is 0. The van der Waals surface area contributed by atoms with E-state index >= 15 is 0 Å². The number of amides is 1. The number of nitrogens with one attached hydrogen (secondary N) is 1. The highest BCUT2D eigenvalue weighted by molar-refractivity contribution is 7.10. The summed E-state index contributed by atoms with van der Waals surface area (Å²) >= 11 is 1.59. The molecule has 3 rings (SSSR count). The Kier molecular flexibility index (Phi) is 2.21. The van der Waals surface area contributed by atoms with Gasteiger partial charge in [-0.2, -0.15) is 0 Å². The monoisotopic (exact) mass is 223 g/mol. The van der Waals surface area contributed by atoms with Gasteiger partial charge in [-0.1, -0.05) is 0 Å². The van der Waals surface area contributed by atoms with Crippen molar-refractivity contribution in [2.45, 2.75) is 25.4 Å². The van der Waals surface area contributed by atoms with Crippen LogP contribution in [0, 0.1) is 0 Å². The van der Waals surface area contributed by atoms with E-state index in [1.165, 1.54) is 0 Å². The average molecular weight is 223 g/mol. The summed E-state index contributed by atoms with van der Waals surface area (Å²) in [7, 11) is 0. The molecule has 2 aliphatic rings. The maximum atomic E-state index is 12.0. The summed E-state index contributed by atoms with van der Waals surface area (Å²) in [5.74, 6) is 0.125.